The molecule has 0 amide bonds. The summed E-state index contributed by atoms with van der Waals surface area (Å²) in [6, 6.07) is 6.79. The van der Waals surface area contributed by atoms with Crippen LogP contribution >= 0.6 is 0 Å². The van der Waals surface area contributed by atoms with Crippen LogP contribution in [0, 0.1) is 0 Å². The fourth-order valence-electron chi connectivity index (χ4n) is 3.03. The first kappa shape index (κ1) is 16.7. The Bertz CT molecular complexity index is 518. The topological polar surface area (TPSA) is 29.1 Å². The molecule has 1 aliphatic rings. The highest BCUT2D eigenvalue weighted by Crippen LogP contribution is 2.40. The van der Waals surface area contributed by atoms with Crippen LogP contribution in [-0.2, 0) is 16.2 Å². The fourth-order valence-corrected chi connectivity index (χ4v) is 4.91. The Hall–Kier alpha value is -0.670. The van der Waals surface area contributed by atoms with Crippen LogP contribution < -0.4 is 5.32 Å². The quantitative estimate of drug-likeness (QED) is 0.878. The van der Waals surface area contributed by atoms with Gasteiger partial charge in [0.05, 0.1) is 16.0 Å². The van der Waals surface area contributed by atoms with Crippen molar-refractivity contribution in [3.8, 4) is 0 Å². The first-order valence-corrected chi connectivity index (χ1v) is 9.39. The van der Waals surface area contributed by atoms with Crippen LogP contribution in [0.5, 0.6) is 0 Å². The minimum absolute atomic E-state index is 0.134. The van der Waals surface area contributed by atoms with Gasteiger partial charge >= 0.3 is 0 Å². The fraction of sp³-hybridized carbons (Fsp3) is 0.667. The third-order valence-electron chi connectivity index (χ3n) is 4.26. The van der Waals surface area contributed by atoms with E-state index in [2.05, 4.69) is 58.1 Å². The van der Waals surface area contributed by atoms with Crippen molar-refractivity contribution in [3.63, 3.8) is 0 Å². The van der Waals surface area contributed by atoms with Crippen molar-refractivity contribution in [2.75, 3.05) is 6.54 Å². The lowest BCUT2D eigenvalue weighted by atomic mass is 9.85. The molecule has 0 bridgehead atoms. The van der Waals surface area contributed by atoms with Crippen molar-refractivity contribution in [1.82, 2.24) is 5.32 Å². The standard InChI is InChI=1S/C18H29NOS/c1-6-8-16-17(19-11-7-2)14-12-13(18(3,4)5)9-10-15(14)21(16)20/h9-10,12,16-17,19H,6-8,11H2,1-5H3. The number of hydrogen-bond donors (Lipinski definition) is 1. The van der Waals surface area contributed by atoms with Gasteiger partial charge in [-0.1, -0.05) is 53.2 Å². The van der Waals surface area contributed by atoms with Crippen molar-refractivity contribution in [3.05, 3.63) is 29.3 Å². The summed E-state index contributed by atoms with van der Waals surface area (Å²) in [4.78, 5) is 1.05. The average molecular weight is 308 g/mol. The summed E-state index contributed by atoms with van der Waals surface area (Å²) in [5.74, 6) is 0. The highest BCUT2D eigenvalue weighted by atomic mass is 32.2. The Morgan fingerprint density at radius 1 is 1.19 bits per heavy atom. The van der Waals surface area contributed by atoms with Crippen LogP contribution in [0.2, 0.25) is 0 Å². The lowest BCUT2D eigenvalue weighted by molar-refractivity contribution is 0.491. The van der Waals surface area contributed by atoms with E-state index in [0.717, 1.165) is 30.7 Å². The molecular weight excluding hydrogens is 278 g/mol. The molecule has 0 saturated heterocycles. The molecule has 21 heavy (non-hydrogen) atoms. The largest absolute Gasteiger partial charge is 0.309 e. The minimum atomic E-state index is -0.867. The summed E-state index contributed by atoms with van der Waals surface area (Å²) >= 11 is 0. The smallest absolute Gasteiger partial charge is 0.0590 e. The molecule has 118 valence electrons. The van der Waals surface area contributed by atoms with Gasteiger partial charge in [0.1, 0.15) is 0 Å². The zero-order chi connectivity index (χ0) is 15.6. The van der Waals surface area contributed by atoms with Gasteiger partial charge in [0.2, 0.25) is 0 Å². The van der Waals surface area contributed by atoms with Gasteiger partial charge in [0.25, 0.3) is 0 Å². The van der Waals surface area contributed by atoms with Crippen molar-refractivity contribution in [1.29, 1.82) is 0 Å². The predicted octanol–water partition coefficient (Wildman–Crippen LogP) is 4.31. The Morgan fingerprint density at radius 3 is 2.48 bits per heavy atom. The highest BCUT2D eigenvalue weighted by Gasteiger charge is 2.38. The molecule has 0 spiro atoms. The third-order valence-corrected chi connectivity index (χ3v) is 6.12. The second-order valence-electron chi connectivity index (χ2n) is 7.06. The van der Waals surface area contributed by atoms with Crippen LogP contribution in [0.4, 0.5) is 0 Å². The molecule has 0 aliphatic carbocycles. The molecule has 1 aliphatic heterocycles. The second-order valence-corrected chi connectivity index (χ2v) is 8.70. The van der Waals surface area contributed by atoms with Gasteiger partial charge in [-0.05, 0) is 42.0 Å². The molecule has 0 fully saturated rings. The summed E-state index contributed by atoms with van der Waals surface area (Å²) in [7, 11) is -0.867. The van der Waals surface area contributed by atoms with Crippen molar-refractivity contribution in [2.45, 2.75) is 75.5 Å². The summed E-state index contributed by atoms with van der Waals surface area (Å²) < 4.78 is 12.8. The van der Waals surface area contributed by atoms with Gasteiger partial charge in [0, 0.05) is 10.9 Å². The summed E-state index contributed by atoms with van der Waals surface area (Å²) in [5, 5.41) is 3.87. The minimum Gasteiger partial charge on any atom is -0.309 e. The lowest BCUT2D eigenvalue weighted by Gasteiger charge is -2.23. The van der Waals surface area contributed by atoms with Crippen LogP contribution in [0.25, 0.3) is 0 Å². The number of fused-ring (bicyclic) bond motifs is 1. The van der Waals surface area contributed by atoms with Gasteiger partial charge < -0.3 is 5.32 Å². The maximum Gasteiger partial charge on any atom is 0.0590 e. The molecule has 0 radical (unpaired) electrons. The molecular formula is C18H29NOS. The van der Waals surface area contributed by atoms with Crippen LogP contribution in [0.15, 0.2) is 23.1 Å². The van der Waals surface area contributed by atoms with Crippen molar-refractivity contribution >= 4 is 10.8 Å². The van der Waals surface area contributed by atoms with E-state index in [1.807, 2.05) is 0 Å². The Balaban J connectivity index is 2.41. The van der Waals surface area contributed by atoms with Gasteiger partial charge in [-0.25, -0.2) is 0 Å². The molecule has 1 aromatic carbocycles. The van der Waals surface area contributed by atoms with Gasteiger partial charge in [-0.2, -0.15) is 0 Å². The Morgan fingerprint density at radius 2 is 1.90 bits per heavy atom. The molecule has 0 saturated carbocycles. The molecule has 1 N–H and O–H groups in total. The van der Waals surface area contributed by atoms with Crippen molar-refractivity contribution in [2.24, 2.45) is 0 Å². The molecule has 0 aromatic heterocycles. The second kappa shape index (κ2) is 6.62. The first-order valence-electron chi connectivity index (χ1n) is 8.18. The molecule has 1 aromatic rings. The average Bonchev–Trinajstić information content (AvgIpc) is 2.69. The zero-order valence-corrected chi connectivity index (χ0v) is 14.8. The van der Waals surface area contributed by atoms with Crippen molar-refractivity contribution < 1.29 is 4.21 Å². The number of benzene rings is 1. The zero-order valence-electron chi connectivity index (χ0n) is 14.0. The monoisotopic (exact) mass is 307 g/mol. The van der Waals surface area contributed by atoms with Gasteiger partial charge in [0.15, 0.2) is 0 Å². The van der Waals surface area contributed by atoms with Crippen LogP contribution in [-0.4, -0.2) is 16.0 Å². The van der Waals surface area contributed by atoms with E-state index in [1.165, 1.54) is 11.1 Å². The van der Waals surface area contributed by atoms with Crippen LogP contribution in [0.3, 0.4) is 0 Å². The highest BCUT2D eigenvalue weighted by molar-refractivity contribution is 7.86. The van der Waals surface area contributed by atoms with E-state index < -0.39 is 10.8 Å². The summed E-state index contributed by atoms with van der Waals surface area (Å²) in [6.07, 6.45) is 3.21. The number of hydrogen-bond acceptors (Lipinski definition) is 2. The van der Waals surface area contributed by atoms with E-state index in [-0.39, 0.29) is 16.7 Å². The van der Waals surface area contributed by atoms with E-state index >= 15 is 0 Å². The molecule has 3 atom stereocenters. The lowest BCUT2D eigenvalue weighted by Crippen LogP contribution is -2.30. The van der Waals surface area contributed by atoms with E-state index in [4.69, 9.17) is 0 Å². The maximum atomic E-state index is 12.8. The third kappa shape index (κ3) is 3.40. The molecule has 3 heteroatoms. The first-order chi connectivity index (χ1) is 9.90. The normalized spacial score (nSPS) is 25.1. The van der Waals surface area contributed by atoms with Gasteiger partial charge in [-0.15, -0.1) is 0 Å². The number of nitrogens with one attached hydrogen (secondary N) is 1. The SMILES string of the molecule is CCCNC1c2cc(C(C)(C)C)ccc2S(=O)C1CCC. The molecule has 2 rings (SSSR count). The van der Waals surface area contributed by atoms with Gasteiger partial charge in [-0.3, -0.25) is 4.21 Å². The maximum absolute atomic E-state index is 12.8. The molecule has 2 nitrogen and oxygen atoms in total. The van der Waals surface area contributed by atoms with Crippen LogP contribution in [0.1, 0.15) is 71.0 Å². The summed E-state index contributed by atoms with van der Waals surface area (Å²) in [5.41, 5.74) is 2.74. The molecule has 1 heterocycles. The number of rotatable bonds is 5. The van der Waals surface area contributed by atoms with E-state index in [1.54, 1.807) is 0 Å². The molecule has 3 unspecified atom stereocenters. The predicted molar refractivity (Wildman–Crippen MR) is 91.3 cm³/mol. The van der Waals surface area contributed by atoms with E-state index in [0.29, 0.717) is 0 Å². The summed E-state index contributed by atoms with van der Waals surface area (Å²) in [6.45, 7) is 12.1. The Labute approximate surface area is 132 Å². The Kier molecular flexibility index (Phi) is 5.26. The van der Waals surface area contributed by atoms with E-state index in [9.17, 15) is 4.21 Å².